The maximum atomic E-state index is 13.2. The molecule has 0 radical (unpaired) electrons. The van der Waals surface area contributed by atoms with Crippen molar-refractivity contribution in [1.82, 2.24) is 4.98 Å². The van der Waals surface area contributed by atoms with E-state index in [0.717, 1.165) is 6.42 Å². The number of anilines is 1. The normalized spacial score (nSPS) is 22.8. The quantitative estimate of drug-likeness (QED) is 0.123. The van der Waals surface area contributed by atoms with Crippen LogP contribution < -0.4 is 4.90 Å². The zero-order valence-electron chi connectivity index (χ0n) is 21.0. The number of hydrogen-bond acceptors (Lipinski definition) is 7. The van der Waals surface area contributed by atoms with Crippen molar-refractivity contribution in [2.45, 2.75) is 6.42 Å². The van der Waals surface area contributed by atoms with Crippen LogP contribution in [0.5, 0.6) is 0 Å². The van der Waals surface area contributed by atoms with Crippen molar-refractivity contribution in [1.29, 1.82) is 0 Å². The van der Waals surface area contributed by atoms with Crippen LogP contribution in [0, 0.1) is 23.7 Å². The molecular formula is C31H21ClN2O5S. The molecule has 2 aromatic heterocycles. The molecule has 1 saturated heterocycles. The molecule has 2 bridgehead atoms. The summed E-state index contributed by atoms with van der Waals surface area (Å²) in [7, 11) is 0. The summed E-state index contributed by atoms with van der Waals surface area (Å²) in [5.41, 5.74) is 2.28. The summed E-state index contributed by atoms with van der Waals surface area (Å²) in [4.78, 5) is 58.5. The van der Waals surface area contributed by atoms with Gasteiger partial charge in [-0.1, -0.05) is 54.1 Å². The number of nitrogens with zero attached hydrogens (tertiary/aromatic N) is 2. The molecule has 1 aliphatic heterocycles. The summed E-state index contributed by atoms with van der Waals surface area (Å²) in [6.07, 6.45) is 5.02. The van der Waals surface area contributed by atoms with Crippen LogP contribution in [0.2, 0.25) is 5.02 Å². The van der Waals surface area contributed by atoms with Crippen LogP contribution in [0.1, 0.15) is 26.5 Å². The Morgan fingerprint density at radius 3 is 2.38 bits per heavy atom. The zero-order valence-corrected chi connectivity index (χ0v) is 22.5. The highest BCUT2D eigenvalue weighted by Gasteiger charge is 2.59. The Bertz CT molecular complexity index is 1720. The van der Waals surface area contributed by atoms with Gasteiger partial charge >= 0.3 is 5.97 Å². The molecule has 198 valence electrons. The van der Waals surface area contributed by atoms with Gasteiger partial charge in [0.25, 0.3) is 0 Å². The largest absolute Gasteiger partial charge is 0.454 e. The molecule has 2 amide bonds. The third kappa shape index (κ3) is 3.90. The lowest BCUT2D eigenvalue weighted by Crippen LogP contribution is -2.32. The number of ketones is 1. The summed E-state index contributed by atoms with van der Waals surface area (Å²) >= 11 is 7.74. The van der Waals surface area contributed by atoms with E-state index in [9.17, 15) is 19.2 Å². The van der Waals surface area contributed by atoms with E-state index in [2.05, 4.69) is 12.2 Å². The van der Waals surface area contributed by atoms with Crippen LogP contribution in [-0.2, 0) is 14.3 Å². The Hall–Kier alpha value is -4.14. The number of para-hydroxylation sites is 1. The molecule has 4 aromatic rings. The molecule has 2 fully saturated rings. The molecule has 3 aliphatic rings. The smallest absolute Gasteiger partial charge is 0.339 e. The van der Waals surface area contributed by atoms with Gasteiger partial charge in [0.2, 0.25) is 17.6 Å². The number of esters is 1. The molecule has 0 spiro atoms. The summed E-state index contributed by atoms with van der Waals surface area (Å²) in [6.45, 7) is -0.384. The first-order valence-corrected chi connectivity index (χ1v) is 14.2. The zero-order chi connectivity index (χ0) is 27.5. The van der Waals surface area contributed by atoms with Crippen molar-refractivity contribution in [3.63, 3.8) is 0 Å². The van der Waals surface area contributed by atoms with Gasteiger partial charge in [0.1, 0.15) is 0 Å². The van der Waals surface area contributed by atoms with E-state index in [1.807, 2.05) is 0 Å². The van der Waals surface area contributed by atoms with Crippen LogP contribution in [0.15, 0.2) is 78.2 Å². The van der Waals surface area contributed by atoms with Crippen LogP contribution in [0.3, 0.4) is 0 Å². The number of aromatic nitrogens is 1. The number of imide groups is 1. The fraction of sp³-hybridized carbons (Fsp3) is 0.194. The molecular weight excluding hydrogens is 548 g/mol. The number of amides is 2. The van der Waals surface area contributed by atoms with Crippen LogP contribution in [0.25, 0.3) is 22.2 Å². The van der Waals surface area contributed by atoms with Crippen molar-refractivity contribution in [3.05, 3.63) is 93.7 Å². The lowest BCUT2D eigenvalue weighted by Gasteiger charge is -2.18. The number of halogens is 1. The van der Waals surface area contributed by atoms with Crippen molar-refractivity contribution >= 4 is 63.1 Å². The minimum Gasteiger partial charge on any atom is -0.454 e. The lowest BCUT2D eigenvalue weighted by molar-refractivity contribution is -0.123. The van der Waals surface area contributed by atoms with E-state index < -0.39 is 5.97 Å². The second-order valence-electron chi connectivity index (χ2n) is 10.2. The third-order valence-corrected chi connectivity index (χ3v) is 9.25. The van der Waals surface area contributed by atoms with E-state index in [-0.39, 0.29) is 53.4 Å². The number of carbonyl (C=O) groups excluding carboxylic acids is 4. The number of benzene rings is 2. The molecule has 4 unspecified atom stereocenters. The Morgan fingerprint density at radius 2 is 1.70 bits per heavy atom. The number of thiophene rings is 1. The monoisotopic (exact) mass is 568 g/mol. The average molecular weight is 569 g/mol. The number of ether oxygens (including phenoxy) is 1. The maximum absolute atomic E-state index is 13.2. The standard InChI is InChI=1S/C31H21ClN2O5S/c32-22-4-1-3-20-21(31(38)39-15-24(35)25-5-2-12-40-25)14-23(33-28(20)22)16-8-10-19(11-9-16)34-29(36)26-17-6-7-18(13-17)27(26)30(34)37/h1-12,14,17-18,26-27H,13,15H2. The Kier molecular flexibility index (Phi) is 5.91. The van der Waals surface area contributed by atoms with Crippen molar-refractivity contribution in [3.8, 4) is 11.3 Å². The fourth-order valence-corrected chi connectivity index (χ4v) is 7.05. The Balaban J connectivity index is 1.19. The molecule has 9 heteroatoms. The maximum Gasteiger partial charge on any atom is 0.339 e. The number of fused-ring (bicyclic) bond motifs is 6. The van der Waals surface area contributed by atoms with E-state index >= 15 is 0 Å². The van der Waals surface area contributed by atoms with Gasteiger partial charge in [-0.25, -0.2) is 9.78 Å². The van der Waals surface area contributed by atoms with Gasteiger partial charge in [0.15, 0.2) is 6.61 Å². The van der Waals surface area contributed by atoms with Crippen molar-refractivity contribution < 1.29 is 23.9 Å². The predicted octanol–water partition coefficient (Wildman–Crippen LogP) is 5.97. The van der Waals surface area contributed by atoms with Gasteiger partial charge in [-0.3, -0.25) is 19.3 Å². The van der Waals surface area contributed by atoms with Gasteiger partial charge in [0.05, 0.1) is 44.2 Å². The minimum absolute atomic E-state index is 0.140. The summed E-state index contributed by atoms with van der Waals surface area (Å²) in [5, 5.41) is 2.65. The topological polar surface area (TPSA) is 93.6 Å². The van der Waals surface area contributed by atoms with E-state index in [4.69, 9.17) is 21.3 Å². The highest BCUT2D eigenvalue weighted by Crippen LogP contribution is 2.53. The van der Waals surface area contributed by atoms with E-state index in [0.29, 0.717) is 37.7 Å². The van der Waals surface area contributed by atoms with Gasteiger partial charge in [0, 0.05) is 10.9 Å². The number of pyridine rings is 1. The number of carbonyl (C=O) groups is 4. The average Bonchev–Trinajstić information content (AvgIpc) is 3.77. The SMILES string of the molecule is O=C(COC(=O)c1cc(-c2ccc(N3C(=O)C4C5C=CC(C5)C4C3=O)cc2)nc2c(Cl)cccc12)c1cccs1. The number of hydrogen-bond donors (Lipinski definition) is 0. The summed E-state index contributed by atoms with van der Waals surface area (Å²) in [6, 6.07) is 17.1. The van der Waals surface area contributed by atoms with Crippen LogP contribution >= 0.6 is 22.9 Å². The highest BCUT2D eigenvalue weighted by atomic mass is 35.5. The molecule has 4 atom stereocenters. The first-order chi connectivity index (χ1) is 19.4. The first kappa shape index (κ1) is 24.9. The first-order valence-electron chi connectivity index (χ1n) is 12.9. The molecule has 1 saturated carbocycles. The van der Waals surface area contributed by atoms with Gasteiger partial charge in [-0.2, -0.15) is 0 Å². The minimum atomic E-state index is -0.666. The van der Waals surface area contributed by atoms with Crippen molar-refractivity contribution in [2.24, 2.45) is 23.7 Å². The molecule has 2 aliphatic carbocycles. The molecule has 2 aromatic carbocycles. The summed E-state index contributed by atoms with van der Waals surface area (Å²) < 4.78 is 5.38. The Labute approximate surface area is 238 Å². The third-order valence-electron chi connectivity index (χ3n) is 8.03. The van der Waals surface area contributed by atoms with Crippen LogP contribution in [-0.4, -0.2) is 35.2 Å². The molecule has 3 heterocycles. The molecule has 7 nitrogen and oxygen atoms in total. The fourth-order valence-electron chi connectivity index (χ4n) is 6.19. The Morgan fingerprint density at radius 1 is 0.975 bits per heavy atom. The second kappa shape index (κ2) is 9.50. The summed E-state index contributed by atoms with van der Waals surface area (Å²) in [5.74, 6) is -1.50. The lowest BCUT2D eigenvalue weighted by atomic mass is 9.85. The number of Topliss-reactive ketones (excluding diaryl/α,β-unsaturated/α-hetero) is 1. The van der Waals surface area contributed by atoms with Crippen LogP contribution in [0.4, 0.5) is 5.69 Å². The van der Waals surface area contributed by atoms with Gasteiger partial charge in [-0.15, -0.1) is 11.3 Å². The van der Waals surface area contributed by atoms with E-state index in [1.54, 1.807) is 66.0 Å². The predicted molar refractivity (Wildman–Crippen MR) is 151 cm³/mol. The molecule has 7 rings (SSSR count). The van der Waals surface area contributed by atoms with Gasteiger partial charge in [-0.05, 0) is 54.0 Å². The van der Waals surface area contributed by atoms with Gasteiger partial charge < -0.3 is 4.74 Å². The van der Waals surface area contributed by atoms with Crippen molar-refractivity contribution in [2.75, 3.05) is 11.5 Å². The number of allylic oxidation sites excluding steroid dienone is 2. The second-order valence-corrected chi connectivity index (χ2v) is 11.6. The molecule has 0 N–H and O–H groups in total. The number of rotatable bonds is 6. The molecule has 40 heavy (non-hydrogen) atoms. The van der Waals surface area contributed by atoms with E-state index in [1.165, 1.54) is 16.2 Å². The highest BCUT2D eigenvalue weighted by molar-refractivity contribution is 7.12.